The van der Waals surface area contributed by atoms with E-state index in [1.54, 1.807) is 0 Å². The average molecular weight is 442 g/mol. The third kappa shape index (κ3) is 4.91. The maximum atomic E-state index is 12.6. The van der Waals surface area contributed by atoms with Crippen LogP contribution < -0.4 is 14.9 Å². The molecule has 0 fully saturated rings. The minimum atomic E-state index is -0.231. The molecule has 2 heterocycles. The fourth-order valence-corrected chi connectivity index (χ4v) is 4.24. The Labute approximate surface area is 193 Å². The number of hydrogen-bond acceptors (Lipinski definition) is 5. The molecule has 3 aromatic carbocycles. The number of carbonyl (C=O) groups is 1. The van der Waals surface area contributed by atoms with Gasteiger partial charge in [-0.25, -0.2) is 5.43 Å². The van der Waals surface area contributed by atoms with E-state index in [0.29, 0.717) is 30.2 Å². The van der Waals surface area contributed by atoms with Crippen molar-refractivity contribution >= 4 is 11.6 Å². The molecule has 0 spiro atoms. The van der Waals surface area contributed by atoms with Crippen molar-refractivity contribution in [2.45, 2.75) is 26.4 Å². The van der Waals surface area contributed by atoms with E-state index in [-0.39, 0.29) is 5.91 Å². The second kappa shape index (κ2) is 9.46. The molecule has 6 nitrogen and oxygen atoms in total. The van der Waals surface area contributed by atoms with Gasteiger partial charge in [0.1, 0.15) is 13.2 Å². The first kappa shape index (κ1) is 21.2. The number of nitrogens with zero attached hydrogens (tertiary/aromatic N) is 2. The van der Waals surface area contributed by atoms with Gasteiger partial charge < -0.3 is 9.47 Å². The largest absolute Gasteiger partial charge is 0.486 e. The van der Waals surface area contributed by atoms with Crippen molar-refractivity contribution in [2.75, 3.05) is 19.8 Å². The summed E-state index contributed by atoms with van der Waals surface area (Å²) in [7, 11) is 0. The quantitative estimate of drug-likeness (QED) is 0.477. The number of fused-ring (bicyclic) bond motifs is 2. The molecule has 168 valence electrons. The van der Waals surface area contributed by atoms with Crippen LogP contribution in [0.25, 0.3) is 0 Å². The van der Waals surface area contributed by atoms with E-state index in [9.17, 15) is 4.79 Å². The molecule has 1 N–H and O–H groups in total. The molecule has 0 saturated heterocycles. The summed E-state index contributed by atoms with van der Waals surface area (Å²) < 4.78 is 11.2. The summed E-state index contributed by atoms with van der Waals surface area (Å²) in [5, 5.41) is 4.27. The van der Waals surface area contributed by atoms with Crippen molar-refractivity contribution in [3.8, 4) is 11.5 Å². The van der Waals surface area contributed by atoms with Gasteiger partial charge >= 0.3 is 0 Å². The molecule has 0 aromatic heterocycles. The van der Waals surface area contributed by atoms with E-state index >= 15 is 0 Å². The summed E-state index contributed by atoms with van der Waals surface area (Å²) in [5.74, 6) is 1.20. The Morgan fingerprint density at radius 1 is 0.939 bits per heavy atom. The fourth-order valence-electron chi connectivity index (χ4n) is 4.24. The standard InChI is InChI=1S/C27H27N3O3/c1-19(23-10-11-25-26(16-23)33-15-14-32-25)28-29-27(31)22-8-6-20(7-9-22)17-30-13-12-21-4-2-3-5-24(21)18-30/h2-11,16H,12-15,17-18H2,1H3,(H,29,31). The number of nitrogens with one attached hydrogen (secondary N) is 1. The Bertz CT molecular complexity index is 1190. The molecule has 0 radical (unpaired) electrons. The molecular weight excluding hydrogens is 414 g/mol. The first-order valence-corrected chi connectivity index (χ1v) is 11.3. The third-order valence-corrected chi connectivity index (χ3v) is 6.12. The maximum Gasteiger partial charge on any atom is 0.271 e. The van der Waals surface area contributed by atoms with Gasteiger partial charge in [-0.2, -0.15) is 5.10 Å². The molecule has 3 aromatic rings. The van der Waals surface area contributed by atoms with E-state index in [2.05, 4.69) is 39.7 Å². The van der Waals surface area contributed by atoms with Crippen LogP contribution in [0, 0.1) is 0 Å². The predicted molar refractivity (Wildman–Crippen MR) is 128 cm³/mol. The van der Waals surface area contributed by atoms with Crippen molar-refractivity contribution in [1.82, 2.24) is 10.3 Å². The van der Waals surface area contributed by atoms with Crippen LogP contribution in [-0.4, -0.2) is 36.3 Å². The van der Waals surface area contributed by atoms with Crippen LogP contribution in [-0.2, 0) is 19.5 Å². The molecule has 0 saturated carbocycles. The van der Waals surface area contributed by atoms with E-state index in [1.807, 2.05) is 49.4 Å². The van der Waals surface area contributed by atoms with E-state index in [0.717, 1.165) is 37.4 Å². The monoisotopic (exact) mass is 441 g/mol. The van der Waals surface area contributed by atoms with Gasteiger partial charge in [-0.15, -0.1) is 0 Å². The average Bonchev–Trinajstić information content (AvgIpc) is 2.87. The Morgan fingerprint density at radius 2 is 1.67 bits per heavy atom. The lowest BCUT2D eigenvalue weighted by molar-refractivity contribution is 0.0955. The van der Waals surface area contributed by atoms with Gasteiger partial charge in [0, 0.05) is 30.8 Å². The summed E-state index contributed by atoms with van der Waals surface area (Å²) in [6.07, 6.45) is 1.08. The number of carbonyl (C=O) groups excluding carboxylic acids is 1. The van der Waals surface area contributed by atoms with Crippen LogP contribution in [0.5, 0.6) is 11.5 Å². The summed E-state index contributed by atoms with van der Waals surface area (Å²) in [6.45, 7) is 5.83. The molecule has 1 amide bonds. The molecular formula is C27H27N3O3. The number of amides is 1. The van der Waals surface area contributed by atoms with E-state index in [1.165, 1.54) is 16.7 Å². The number of rotatable bonds is 5. The predicted octanol–water partition coefficient (Wildman–Crippen LogP) is 4.17. The first-order valence-electron chi connectivity index (χ1n) is 11.3. The molecule has 5 rings (SSSR count). The fraction of sp³-hybridized carbons (Fsp3) is 0.259. The Morgan fingerprint density at radius 3 is 2.48 bits per heavy atom. The van der Waals surface area contributed by atoms with Gasteiger partial charge in [0.2, 0.25) is 0 Å². The van der Waals surface area contributed by atoms with Crippen molar-refractivity contribution in [3.63, 3.8) is 0 Å². The minimum absolute atomic E-state index is 0.231. The highest BCUT2D eigenvalue weighted by atomic mass is 16.6. The van der Waals surface area contributed by atoms with Crippen LogP contribution in [0.15, 0.2) is 71.8 Å². The number of ether oxygens (including phenoxy) is 2. The minimum Gasteiger partial charge on any atom is -0.486 e. The summed E-state index contributed by atoms with van der Waals surface area (Å²) in [4.78, 5) is 15.0. The molecule has 0 unspecified atom stereocenters. The lowest BCUT2D eigenvalue weighted by Crippen LogP contribution is -2.30. The topological polar surface area (TPSA) is 63.2 Å². The summed E-state index contributed by atoms with van der Waals surface area (Å²) in [5.41, 5.74) is 8.87. The molecule has 2 aliphatic rings. The zero-order chi connectivity index (χ0) is 22.6. The second-order valence-electron chi connectivity index (χ2n) is 8.42. The SMILES string of the molecule is CC(=NNC(=O)c1ccc(CN2CCc3ccccc3C2)cc1)c1ccc2c(c1)OCCO2. The highest BCUT2D eigenvalue weighted by Crippen LogP contribution is 2.30. The first-order chi connectivity index (χ1) is 16.2. The molecule has 33 heavy (non-hydrogen) atoms. The van der Waals surface area contributed by atoms with Crippen molar-refractivity contribution in [2.24, 2.45) is 5.10 Å². The highest BCUT2D eigenvalue weighted by Gasteiger charge is 2.16. The van der Waals surface area contributed by atoms with Gasteiger partial charge in [-0.3, -0.25) is 9.69 Å². The maximum absolute atomic E-state index is 12.6. The van der Waals surface area contributed by atoms with E-state index in [4.69, 9.17) is 9.47 Å². The number of benzene rings is 3. The lowest BCUT2D eigenvalue weighted by atomic mass is 9.99. The second-order valence-corrected chi connectivity index (χ2v) is 8.42. The van der Waals surface area contributed by atoms with Gasteiger partial charge in [0.25, 0.3) is 5.91 Å². The van der Waals surface area contributed by atoms with Crippen LogP contribution in [0.3, 0.4) is 0 Å². The molecule has 0 aliphatic carbocycles. The third-order valence-electron chi connectivity index (χ3n) is 6.12. The van der Waals surface area contributed by atoms with Crippen molar-refractivity contribution < 1.29 is 14.3 Å². The van der Waals surface area contributed by atoms with Gasteiger partial charge in [-0.1, -0.05) is 36.4 Å². The Kier molecular flexibility index (Phi) is 6.09. The van der Waals surface area contributed by atoms with Crippen LogP contribution in [0.1, 0.15) is 39.5 Å². The summed E-state index contributed by atoms with van der Waals surface area (Å²) >= 11 is 0. The van der Waals surface area contributed by atoms with Gasteiger partial charge in [0.15, 0.2) is 11.5 Å². The lowest BCUT2D eigenvalue weighted by Gasteiger charge is -2.28. The normalized spacial score (nSPS) is 15.6. The van der Waals surface area contributed by atoms with Gasteiger partial charge in [-0.05, 0) is 60.4 Å². The Hall–Kier alpha value is -3.64. The molecule has 0 bridgehead atoms. The zero-order valence-corrected chi connectivity index (χ0v) is 18.7. The zero-order valence-electron chi connectivity index (χ0n) is 18.7. The number of hydrazone groups is 1. The summed E-state index contributed by atoms with van der Waals surface area (Å²) in [6, 6.07) is 22.1. The number of hydrogen-bond donors (Lipinski definition) is 1. The van der Waals surface area contributed by atoms with Gasteiger partial charge in [0.05, 0.1) is 5.71 Å². The smallest absolute Gasteiger partial charge is 0.271 e. The Balaban J connectivity index is 1.18. The van der Waals surface area contributed by atoms with Crippen LogP contribution in [0.4, 0.5) is 0 Å². The van der Waals surface area contributed by atoms with Crippen molar-refractivity contribution in [1.29, 1.82) is 0 Å². The highest BCUT2D eigenvalue weighted by molar-refractivity contribution is 6.01. The molecule has 6 heteroatoms. The van der Waals surface area contributed by atoms with Crippen LogP contribution in [0.2, 0.25) is 0 Å². The molecule has 0 atom stereocenters. The van der Waals surface area contributed by atoms with Crippen LogP contribution >= 0.6 is 0 Å². The van der Waals surface area contributed by atoms with Crippen molar-refractivity contribution in [3.05, 3.63) is 94.5 Å². The van der Waals surface area contributed by atoms with E-state index < -0.39 is 0 Å². The molecule has 2 aliphatic heterocycles.